The Hall–Kier alpha value is -4.29. The van der Waals surface area contributed by atoms with E-state index < -0.39 is 53.5 Å². The molecule has 1 fully saturated rings. The summed E-state index contributed by atoms with van der Waals surface area (Å²) < 4.78 is 0. The maximum Gasteiger partial charge on any atom is 0.313 e. The van der Waals surface area contributed by atoms with Crippen molar-refractivity contribution >= 4 is 47.4 Å². The van der Waals surface area contributed by atoms with Crippen LogP contribution in [0.1, 0.15) is 128 Å². The summed E-state index contributed by atoms with van der Waals surface area (Å²) in [5, 5.41) is 12.4. The smallest absolute Gasteiger partial charge is 0.313 e. The van der Waals surface area contributed by atoms with Gasteiger partial charge in [-0.25, -0.2) is 0 Å². The molecule has 0 bridgehead atoms. The maximum absolute atomic E-state index is 13.5. The van der Waals surface area contributed by atoms with Crippen molar-refractivity contribution in [2.45, 2.75) is 146 Å². The quantitative estimate of drug-likeness (QED) is 0.122. The van der Waals surface area contributed by atoms with Gasteiger partial charge >= 0.3 is 11.8 Å². The van der Waals surface area contributed by atoms with E-state index >= 15 is 0 Å². The number of ketones is 1. The minimum Gasteiger partial charge on any atom is -0.349 e. The molecule has 13 nitrogen and oxygen atoms in total. The van der Waals surface area contributed by atoms with Crippen molar-refractivity contribution in [1.82, 2.24) is 26.2 Å². The molecule has 1 aliphatic rings. The van der Waals surface area contributed by atoms with Crippen LogP contribution in [0.3, 0.4) is 0 Å². The fourth-order valence-corrected chi connectivity index (χ4v) is 5.44. The zero-order valence-electron chi connectivity index (χ0n) is 34.4. The van der Waals surface area contributed by atoms with Gasteiger partial charge in [0.2, 0.25) is 24.0 Å². The number of hydrogen-bond acceptors (Lipinski definition) is 7. The first-order chi connectivity index (χ1) is 25.1. The lowest BCUT2D eigenvalue weighted by Crippen LogP contribution is -2.59. The molecule has 302 valence electrons. The Morgan fingerprint density at radius 1 is 0.849 bits per heavy atom. The minimum absolute atomic E-state index is 0.106. The monoisotopic (exact) mass is 747 g/mol. The Bertz CT molecular complexity index is 1240. The Labute approximate surface area is 318 Å². The van der Waals surface area contributed by atoms with Crippen molar-refractivity contribution in [2.24, 2.45) is 11.3 Å². The van der Waals surface area contributed by atoms with E-state index in [1.54, 1.807) is 30.3 Å². The molecule has 0 radical (unpaired) electrons. The highest BCUT2D eigenvalue weighted by Gasteiger charge is 2.39. The normalized spacial score (nSPS) is 15.7. The number of rotatable bonds is 15. The van der Waals surface area contributed by atoms with Gasteiger partial charge in [-0.2, -0.15) is 0 Å². The van der Waals surface area contributed by atoms with E-state index in [-0.39, 0.29) is 11.9 Å². The van der Waals surface area contributed by atoms with Gasteiger partial charge in [0.05, 0.1) is 12.6 Å². The first-order valence-electron chi connectivity index (χ1n) is 19.4. The van der Waals surface area contributed by atoms with Gasteiger partial charge in [-0.15, -0.1) is 0 Å². The van der Waals surface area contributed by atoms with Crippen molar-refractivity contribution < 1.29 is 33.6 Å². The van der Waals surface area contributed by atoms with Crippen molar-refractivity contribution in [3.63, 3.8) is 0 Å². The predicted molar refractivity (Wildman–Crippen MR) is 212 cm³/mol. The zero-order chi connectivity index (χ0) is 41.0. The first kappa shape index (κ1) is 50.8. The third-order valence-corrected chi connectivity index (χ3v) is 8.08. The van der Waals surface area contributed by atoms with Crippen LogP contribution in [0.5, 0.6) is 0 Å². The standard InChI is InChI=1S/C25H38N4O4.C10H18N2O3.C3H8.C2H6/c1-6-29(19-15-11-10-12-17(19)2)24(33)21(25(3,4)5)28-20(30)16-26-22(31)23(32)27-18-13-8-7-9-14-18;1-3-5-8(12-7-13)9(14)10(15)11-6-4-2;1-3-2;1-2/h7-9,13-14,17,19,21H,6,10-12,15-16H2,1-5H3,(H,26,31)(H,27,32)(H,28,30);7-8H,3-6H2,1-2H3,(H,11,15)(H,12,13);3H2,1-2H3;1-2H3/t17-,19+,21?;8-;;/m10../s1. The molecular formula is C40H70N6O7. The predicted octanol–water partition coefficient (Wildman–Crippen LogP) is 5.14. The van der Waals surface area contributed by atoms with Crippen LogP contribution in [0.15, 0.2) is 30.3 Å². The Morgan fingerprint density at radius 2 is 1.43 bits per heavy atom. The number of carbonyl (C=O) groups excluding carboxylic acids is 7. The minimum atomic E-state index is -0.918. The van der Waals surface area contributed by atoms with Crippen LogP contribution in [0.25, 0.3) is 0 Å². The van der Waals surface area contributed by atoms with Gasteiger partial charge in [0.1, 0.15) is 6.04 Å². The Kier molecular flexibility index (Phi) is 28.0. The molecule has 4 atom stereocenters. The van der Waals surface area contributed by atoms with E-state index in [0.29, 0.717) is 37.5 Å². The number of carbonyl (C=O) groups is 7. The summed E-state index contributed by atoms with van der Waals surface area (Å²) in [5.41, 5.74) is -0.0377. The van der Waals surface area contributed by atoms with Gasteiger partial charge in [-0.1, -0.05) is 113 Å². The highest BCUT2D eigenvalue weighted by Crippen LogP contribution is 2.30. The molecule has 0 saturated heterocycles. The van der Waals surface area contributed by atoms with E-state index in [2.05, 4.69) is 47.4 Å². The molecule has 53 heavy (non-hydrogen) atoms. The van der Waals surface area contributed by atoms with Crippen LogP contribution in [-0.4, -0.2) is 84.4 Å². The lowest BCUT2D eigenvalue weighted by atomic mass is 9.82. The lowest BCUT2D eigenvalue weighted by molar-refractivity contribution is -0.143. The first-order valence-corrected chi connectivity index (χ1v) is 19.4. The number of Topliss-reactive ketones (excluding diaryl/α,β-unsaturated/α-hetero) is 1. The molecule has 0 aromatic heterocycles. The fraction of sp³-hybridized carbons (Fsp3) is 0.675. The molecule has 0 spiro atoms. The van der Waals surface area contributed by atoms with Crippen molar-refractivity contribution in [3.05, 3.63) is 30.3 Å². The second-order valence-electron chi connectivity index (χ2n) is 13.8. The second-order valence-corrected chi connectivity index (χ2v) is 13.8. The van der Waals surface area contributed by atoms with Crippen LogP contribution in [0, 0.1) is 11.3 Å². The zero-order valence-corrected chi connectivity index (χ0v) is 34.4. The number of nitrogens with zero attached hydrogens (tertiary/aromatic N) is 1. The summed E-state index contributed by atoms with van der Waals surface area (Å²) in [6.45, 7) is 22.5. The van der Waals surface area contributed by atoms with Gasteiger partial charge in [0.25, 0.3) is 5.91 Å². The van der Waals surface area contributed by atoms with Crippen LogP contribution in [0.2, 0.25) is 0 Å². The molecule has 0 heterocycles. The van der Waals surface area contributed by atoms with E-state index in [1.165, 1.54) is 12.8 Å². The van der Waals surface area contributed by atoms with Crippen molar-refractivity contribution in [2.75, 3.05) is 25.0 Å². The Morgan fingerprint density at radius 3 is 1.92 bits per heavy atom. The van der Waals surface area contributed by atoms with Gasteiger partial charge in [-0.05, 0) is 56.1 Å². The number of para-hydroxylation sites is 1. The number of likely N-dealkylation sites (N-methyl/N-ethyl adjacent to an activating group) is 1. The molecule has 2 rings (SSSR count). The molecule has 1 aromatic carbocycles. The number of nitrogens with one attached hydrogen (secondary N) is 5. The number of amides is 6. The number of hydrogen-bond donors (Lipinski definition) is 5. The van der Waals surface area contributed by atoms with E-state index in [1.807, 2.05) is 60.3 Å². The topological polar surface area (TPSA) is 183 Å². The van der Waals surface area contributed by atoms with Crippen LogP contribution in [0.4, 0.5) is 5.69 Å². The number of benzene rings is 1. The molecule has 1 aliphatic carbocycles. The van der Waals surface area contributed by atoms with Crippen LogP contribution < -0.4 is 26.6 Å². The third kappa shape index (κ3) is 20.5. The maximum atomic E-state index is 13.5. The Balaban J connectivity index is 0. The molecule has 13 heteroatoms. The second kappa shape index (κ2) is 29.2. The lowest BCUT2D eigenvalue weighted by Gasteiger charge is -2.42. The van der Waals surface area contributed by atoms with Crippen LogP contribution in [-0.2, 0) is 33.6 Å². The van der Waals surface area contributed by atoms with E-state index in [0.717, 1.165) is 32.1 Å². The van der Waals surface area contributed by atoms with Gasteiger partial charge < -0.3 is 31.5 Å². The van der Waals surface area contributed by atoms with Gasteiger partial charge in [-0.3, -0.25) is 33.6 Å². The van der Waals surface area contributed by atoms with Crippen molar-refractivity contribution in [3.8, 4) is 0 Å². The van der Waals surface area contributed by atoms with E-state index in [9.17, 15) is 33.6 Å². The van der Waals surface area contributed by atoms with Crippen LogP contribution >= 0.6 is 0 Å². The van der Waals surface area contributed by atoms with Crippen molar-refractivity contribution in [1.29, 1.82) is 0 Å². The fourth-order valence-electron chi connectivity index (χ4n) is 5.44. The summed E-state index contributed by atoms with van der Waals surface area (Å²) in [4.78, 5) is 85.1. The highest BCUT2D eigenvalue weighted by molar-refractivity contribution is 6.40. The summed E-state index contributed by atoms with van der Waals surface area (Å²) in [5.74, 6) is -3.18. The summed E-state index contributed by atoms with van der Waals surface area (Å²) in [7, 11) is 0. The molecule has 6 amide bonds. The summed E-state index contributed by atoms with van der Waals surface area (Å²) in [6, 6.07) is 7.31. The molecule has 1 saturated carbocycles. The molecule has 1 unspecified atom stereocenters. The summed E-state index contributed by atoms with van der Waals surface area (Å²) >= 11 is 0. The SMILES string of the molecule is CC.CCC.CCCNC(=O)C(=O)[C@H](CCC)NC=O.CCN(C(=O)C(NC(=O)CNC(=O)C(=O)Nc1ccccc1)C(C)(C)C)[C@H]1CCCC[C@H]1C. The third-order valence-electron chi connectivity index (χ3n) is 8.08. The molecule has 0 aliphatic heterocycles. The van der Waals surface area contributed by atoms with Gasteiger partial charge in [0.15, 0.2) is 0 Å². The average Bonchev–Trinajstić information content (AvgIpc) is 3.13. The highest BCUT2D eigenvalue weighted by atomic mass is 16.2. The molecule has 1 aromatic rings. The van der Waals surface area contributed by atoms with Gasteiger partial charge in [0, 0.05) is 24.8 Å². The summed E-state index contributed by atoms with van der Waals surface area (Å²) in [6.07, 6.45) is 8.04. The number of anilines is 1. The largest absolute Gasteiger partial charge is 0.349 e. The average molecular weight is 747 g/mol. The molecular weight excluding hydrogens is 676 g/mol. The molecule has 5 N–H and O–H groups in total. The van der Waals surface area contributed by atoms with E-state index in [4.69, 9.17) is 0 Å².